The van der Waals surface area contributed by atoms with Gasteiger partial charge in [-0.05, 0) is 77.7 Å². The van der Waals surface area contributed by atoms with Gasteiger partial charge in [-0.25, -0.2) is 4.79 Å². The molecule has 0 unspecified atom stereocenters. The molecule has 4 rings (SSSR count). The summed E-state index contributed by atoms with van der Waals surface area (Å²) >= 11 is 0.892. The summed E-state index contributed by atoms with van der Waals surface area (Å²) in [5, 5.41) is -0.331. The maximum atomic E-state index is 12.8. The summed E-state index contributed by atoms with van der Waals surface area (Å²) in [6, 6.07) is 15.8. The van der Waals surface area contributed by atoms with Crippen LogP contribution < -0.4 is 9.47 Å². The number of ether oxygens (including phenoxy) is 2. The van der Waals surface area contributed by atoms with Crippen molar-refractivity contribution in [3.63, 3.8) is 0 Å². The highest BCUT2D eigenvalue weighted by Crippen LogP contribution is 2.33. The summed E-state index contributed by atoms with van der Waals surface area (Å²) in [5.41, 5.74) is 2.87. The monoisotopic (exact) mass is 491 g/mol. The zero-order valence-electron chi connectivity index (χ0n) is 19.6. The van der Waals surface area contributed by atoms with Crippen molar-refractivity contribution in [1.29, 1.82) is 0 Å². The van der Waals surface area contributed by atoms with E-state index in [1.165, 1.54) is 17.2 Å². The molecule has 3 aromatic rings. The Hall–Kier alpha value is -3.78. The number of rotatable bonds is 8. The zero-order valence-corrected chi connectivity index (χ0v) is 20.5. The third kappa shape index (κ3) is 5.84. The number of furan rings is 1. The van der Waals surface area contributed by atoms with E-state index in [1.807, 2.05) is 25.1 Å². The second-order valence-corrected chi connectivity index (χ2v) is 9.31. The minimum atomic E-state index is -0.600. The fourth-order valence-corrected chi connectivity index (χ4v) is 4.38. The van der Waals surface area contributed by atoms with Gasteiger partial charge in [-0.15, -0.1) is 0 Å². The second kappa shape index (κ2) is 10.7. The molecule has 2 aromatic carbocycles. The van der Waals surface area contributed by atoms with Gasteiger partial charge in [-0.2, -0.15) is 0 Å². The van der Waals surface area contributed by atoms with Gasteiger partial charge in [0, 0.05) is 0 Å². The Morgan fingerprint density at radius 2 is 1.89 bits per heavy atom. The van der Waals surface area contributed by atoms with Gasteiger partial charge < -0.3 is 13.9 Å². The van der Waals surface area contributed by atoms with Crippen LogP contribution in [0, 0.1) is 6.92 Å². The Morgan fingerprint density at radius 3 is 2.57 bits per heavy atom. The second-order valence-electron chi connectivity index (χ2n) is 8.31. The molecule has 2 heterocycles. The molecule has 35 heavy (non-hydrogen) atoms. The number of carbonyl (C=O) groups excluding carboxylic acids is 3. The van der Waals surface area contributed by atoms with Crippen LogP contribution in [0.4, 0.5) is 4.79 Å². The molecular weight excluding hydrogens is 466 g/mol. The van der Waals surface area contributed by atoms with Gasteiger partial charge in [0.2, 0.25) is 5.76 Å². The molecule has 0 aliphatic carbocycles. The molecule has 0 radical (unpaired) electrons. The number of amides is 2. The van der Waals surface area contributed by atoms with E-state index in [0.717, 1.165) is 28.6 Å². The van der Waals surface area contributed by atoms with Gasteiger partial charge >= 0.3 is 5.97 Å². The Labute approximate surface area is 207 Å². The van der Waals surface area contributed by atoms with Crippen LogP contribution in [0.3, 0.4) is 0 Å². The highest BCUT2D eigenvalue weighted by atomic mass is 32.2. The van der Waals surface area contributed by atoms with Crippen molar-refractivity contribution in [3.05, 3.63) is 88.2 Å². The largest absolute Gasteiger partial charge is 0.491 e. The van der Waals surface area contributed by atoms with Gasteiger partial charge in [0.25, 0.3) is 11.1 Å². The Bertz CT molecular complexity index is 1260. The SMILES string of the molecule is Cc1ccc(C(C)C)c(OCCN2C(=O)S/C(=C\c3ccc(OC(=O)c4ccco4)cc3)C2=O)c1. The standard InChI is InChI=1S/C27H25NO6S/c1-17(2)21-11-6-18(3)15-23(21)33-14-12-28-25(29)24(35-27(28)31)16-19-7-9-20(10-8-19)34-26(30)22-5-4-13-32-22/h4-11,13,15-17H,12,14H2,1-3H3/b24-16-. The van der Waals surface area contributed by atoms with Crippen LogP contribution in [0.25, 0.3) is 6.08 Å². The Morgan fingerprint density at radius 1 is 1.11 bits per heavy atom. The van der Waals surface area contributed by atoms with Gasteiger partial charge in [-0.3, -0.25) is 14.5 Å². The first-order chi connectivity index (χ1) is 16.8. The van der Waals surface area contributed by atoms with E-state index < -0.39 is 5.97 Å². The predicted octanol–water partition coefficient (Wildman–Crippen LogP) is 6.05. The molecule has 0 spiro atoms. The van der Waals surface area contributed by atoms with Crippen LogP contribution in [-0.4, -0.2) is 35.2 Å². The number of thioether (sulfide) groups is 1. The van der Waals surface area contributed by atoms with E-state index in [0.29, 0.717) is 22.1 Å². The number of esters is 1. The summed E-state index contributed by atoms with van der Waals surface area (Å²) < 4.78 is 16.2. The molecule has 1 aliphatic rings. The van der Waals surface area contributed by atoms with E-state index in [1.54, 1.807) is 36.4 Å². The fraction of sp³-hybridized carbons (Fsp3) is 0.222. The third-order valence-corrected chi connectivity index (χ3v) is 6.26. The smallest absolute Gasteiger partial charge is 0.379 e. The number of hydrogen-bond acceptors (Lipinski definition) is 7. The summed E-state index contributed by atoms with van der Waals surface area (Å²) in [6.45, 7) is 6.55. The molecule has 1 saturated heterocycles. The van der Waals surface area contributed by atoms with Crippen LogP contribution in [0.5, 0.6) is 11.5 Å². The van der Waals surface area contributed by atoms with Gasteiger partial charge in [0.05, 0.1) is 17.7 Å². The van der Waals surface area contributed by atoms with Crippen molar-refractivity contribution in [2.24, 2.45) is 0 Å². The molecule has 7 nitrogen and oxygen atoms in total. The fourth-order valence-electron chi connectivity index (χ4n) is 3.52. The maximum Gasteiger partial charge on any atom is 0.379 e. The van der Waals surface area contributed by atoms with Crippen molar-refractivity contribution >= 4 is 35.0 Å². The quantitative estimate of drug-likeness (QED) is 0.215. The highest BCUT2D eigenvalue weighted by Gasteiger charge is 2.34. The lowest BCUT2D eigenvalue weighted by Gasteiger charge is -2.17. The van der Waals surface area contributed by atoms with E-state index in [-0.39, 0.29) is 30.1 Å². The van der Waals surface area contributed by atoms with Crippen LogP contribution >= 0.6 is 11.8 Å². The molecule has 180 valence electrons. The summed E-state index contributed by atoms with van der Waals surface area (Å²) in [7, 11) is 0. The van der Waals surface area contributed by atoms with E-state index in [9.17, 15) is 14.4 Å². The van der Waals surface area contributed by atoms with Crippen LogP contribution in [0.2, 0.25) is 0 Å². The molecule has 1 fully saturated rings. The van der Waals surface area contributed by atoms with Gasteiger partial charge in [0.15, 0.2) is 0 Å². The molecular formula is C27H25NO6S. The molecule has 2 amide bonds. The first-order valence-corrected chi connectivity index (χ1v) is 12.0. The number of nitrogens with zero attached hydrogens (tertiary/aromatic N) is 1. The number of hydrogen-bond donors (Lipinski definition) is 0. The topological polar surface area (TPSA) is 86.0 Å². The van der Waals surface area contributed by atoms with Gasteiger partial charge in [-0.1, -0.05) is 38.1 Å². The molecule has 0 bridgehead atoms. The van der Waals surface area contributed by atoms with E-state index in [2.05, 4.69) is 13.8 Å². The minimum Gasteiger partial charge on any atom is -0.491 e. The average molecular weight is 492 g/mol. The normalized spacial score (nSPS) is 14.7. The number of aryl methyl sites for hydroxylation is 1. The van der Waals surface area contributed by atoms with Crippen molar-refractivity contribution in [1.82, 2.24) is 4.90 Å². The lowest BCUT2D eigenvalue weighted by Crippen LogP contribution is -2.32. The molecule has 1 aromatic heterocycles. The Kier molecular flexibility index (Phi) is 7.41. The molecule has 1 aliphatic heterocycles. The molecule has 0 atom stereocenters. The van der Waals surface area contributed by atoms with Gasteiger partial charge in [0.1, 0.15) is 18.1 Å². The third-order valence-electron chi connectivity index (χ3n) is 5.35. The van der Waals surface area contributed by atoms with Crippen molar-refractivity contribution in [2.45, 2.75) is 26.7 Å². The van der Waals surface area contributed by atoms with Crippen LogP contribution in [-0.2, 0) is 4.79 Å². The highest BCUT2D eigenvalue weighted by molar-refractivity contribution is 8.18. The summed E-state index contributed by atoms with van der Waals surface area (Å²) in [6.07, 6.45) is 3.03. The minimum absolute atomic E-state index is 0.106. The lowest BCUT2D eigenvalue weighted by molar-refractivity contribution is -0.123. The van der Waals surface area contributed by atoms with E-state index in [4.69, 9.17) is 13.9 Å². The first kappa shape index (κ1) is 24.3. The Balaban J connectivity index is 1.36. The average Bonchev–Trinajstić information content (AvgIpc) is 3.45. The van der Waals surface area contributed by atoms with Crippen molar-refractivity contribution in [2.75, 3.05) is 13.2 Å². The van der Waals surface area contributed by atoms with Crippen molar-refractivity contribution in [3.8, 4) is 11.5 Å². The number of imide groups is 1. The number of carbonyl (C=O) groups is 3. The first-order valence-electron chi connectivity index (χ1n) is 11.2. The van der Waals surface area contributed by atoms with Crippen LogP contribution in [0.15, 0.2) is 70.2 Å². The molecule has 0 N–H and O–H groups in total. The molecule has 8 heteroatoms. The molecule has 0 saturated carbocycles. The maximum absolute atomic E-state index is 12.8. The summed E-state index contributed by atoms with van der Waals surface area (Å²) in [4.78, 5) is 38.8. The number of benzene rings is 2. The lowest BCUT2D eigenvalue weighted by atomic mass is 10.0. The predicted molar refractivity (Wildman–Crippen MR) is 134 cm³/mol. The van der Waals surface area contributed by atoms with Crippen molar-refractivity contribution < 1.29 is 28.3 Å². The van der Waals surface area contributed by atoms with E-state index >= 15 is 0 Å². The van der Waals surface area contributed by atoms with Crippen LogP contribution in [0.1, 0.15) is 47.0 Å². The summed E-state index contributed by atoms with van der Waals surface area (Å²) in [5.74, 6) is 0.559. The zero-order chi connectivity index (χ0) is 24.9.